The number of benzene rings is 1. The molecule has 2 saturated heterocycles. The SMILES string of the molecule is CC(C)(C)NC(=O)N1CCC(CC(=O)NOC2CCCCO2)(c2ccc(-c3ccc(-c4cnco4)cc3)s2)S(=O)(=O)CC1. The molecule has 4 heterocycles. The molecule has 2 aliphatic heterocycles. The molecule has 2 atom stereocenters. The molecule has 3 amide bonds. The molecule has 0 radical (unpaired) electrons. The summed E-state index contributed by atoms with van der Waals surface area (Å²) in [5.41, 5.74) is 3.73. The average molecular weight is 631 g/mol. The van der Waals surface area contributed by atoms with Crippen LogP contribution in [-0.2, 0) is 29.0 Å². The molecule has 13 heteroatoms. The lowest BCUT2D eigenvalue weighted by Gasteiger charge is -2.31. The number of rotatable bonds is 7. The zero-order valence-corrected chi connectivity index (χ0v) is 26.3. The Morgan fingerprint density at radius 3 is 2.56 bits per heavy atom. The summed E-state index contributed by atoms with van der Waals surface area (Å²) in [6.07, 6.45) is 4.65. The number of thiophene rings is 1. The summed E-state index contributed by atoms with van der Waals surface area (Å²) < 4.78 is 37.6. The maximum Gasteiger partial charge on any atom is 0.317 e. The third-order valence-corrected chi connectivity index (χ3v) is 11.6. The highest BCUT2D eigenvalue weighted by Crippen LogP contribution is 2.45. The minimum Gasteiger partial charge on any atom is -0.444 e. The Hall–Kier alpha value is -3.26. The number of aromatic nitrogens is 1. The van der Waals surface area contributed by atoms with Gasteiger partial charge in [0.2, 0.25) is 5.91 Å². The second kappa shape index (κ2) is 12.8. The van der Waals surface area contributed by atoms with E-state index in [9.17, 15) is 18.0 Å². The first kappa shape index (κ1) is 31.2. The molecule has 2 unspecified atom stereocenters. The number of sulfone groups is 1. The molecule has 2 N–H and O–H groups in total. The summed E-state index contributed by atoms with van der Waals surface area (Å²) in [5, 5.41) is 2.92. The number of urea groups is 1. The van der Waals surface area contributed by atoms with Gasteiger partial charge in [0.05, 0.1) is 18.4 Å². The van der Waals surface area contributed by atoms with Gasteiger partial charge in [0, 0.05) is 47.0 Å². The maximum absolute atomic E-state index is 14.1. The molecule has 3 aromatic rings. The van der Waals surface area contributed by atoms with E-state index in [2.05, 4.69) is 15.8 Å². The van der Waals surface area contributed by atoms with E-state index in [0.717, 1.165) is 28.8 Å². The standard InChI is InChI=1S/C30H38N4O7S2/c1-29(2,3)32-28(36)34-14-13-30(43(37,38)17-15-34,18-26(35)33-41-27-6-4-5-16-39-27)25-12-11-24(42-25)22-9-7-21(8-10-22)23-19-31-20-40-23/h7-12,19-20,27H,4-6,13-18H2,1-3H3,(H,32,36)(H,33,35). The van der Waals surface area contributed by atoms with Crippen LogP contribution in [0.2, 0.25) is 0 Å². The van der Waals surface area contributed by atoms with Gasteiger partial charge >= 0.3 is 6.03 Å². The Labute approximate surface area is 255 Å². The van der Waals surface area contributed by atoms with Crippen molar-refractivity contribution in [2.75, 3.05) is 25.4 Å². The highest BCUT2D eigenvalue weighted by molar-refractivity contribution is 7.92. The van der Waals surface area contributed by atoms with Crippen molar-refractivity contribution in [3.05, 3.63) is 53.9 Å². The van der Waals surface area contributed by atoms with Crippen molar-refractivity contribution in [3.8, 4) is 21.8 Å². The predicted octanol–water partition coefficient (Wildman–Crippen LogP) is 4.86. The van der Waals surface area contributed by atoms with Gasteiger partial charge in [-0.15, -0.1) is 11.3 Å². The normalized spacial score (nSPS) is 22.5. The Morgan fingerprint density at radius 1 is 1.12 bits per heavy atom. The molecule has 0 spiro atoms. The molecule has 2 aliphatic rings. The van der Waals surface area contributed by atoms with Gasteiger partial charge in [-0.3, -0.25) is 4.79 Å². The van der Waals surface area contributed by atoms with E-state index in [1.165, 1.54) is 22.6 Å². The van der Waals surface area contributed by atoms with Crippen molar-refractivity contribution in [3.63, 3.8) is 0 Å². The van der Waals surface area contributed by atoms with Crippen LogP contribution in [0.15, 0.2) is 53.4 Å². The molecule has 1 aromatic carbocycles. The number of hydrogen-bond acceptors (Lipinski definition) is 9. The molecule has 2 fully saturated rings. The summed E-state index contributed by atoms with van der Waals surface area (Å²) in [4.78, 5) is 38.7. The van der Waals surface area contributed by atoms with E-state index < -0.39 is 32.3 Å². The van der Waals surface area contributed by atoms with Crippen molar-refractivity contribution >= 4 is 33.1 Å². The minimum atomic E-state index is -3.91. The highest BCUT2D eigenvalue weighted by Gasteiger charge is 2.50. The fourth-order valence-electron chi connectivity index (χ4n) is 5.30. The third-order valence-electron chi connectivity index (χ3n) is 7.61. The molecule has 43 heavy (non-hydrogen) atoms. The van der Waals surface area contributed by atoms with Crippen LogP contribution in [-0.4, -0.2) is 67.5 Å². The van der Waals surface area contributed by atoms with Gasteiger partial charge in [-0.1, -0.05) is 24.3 Å². The Morgan fingerprint density at radius 2 is 1.88 bits per heavy atom. The zero-order chi connectivity index (χ0) is 30.7. The van der Waals surface area contributed by atoms with Gasteiger partial charge in [-0.05, 0) is 57.7 Å². The number of nitrogens with zero attached hydrogens (tertiary/aromatic N) is 2. The van der Waals surface area contributed by atoms with Crippen LogP contribution in [0, 0.1) is 0 Å². The van der Waals surface area contributed by atoms with E-state index in [-0.39, 0.29) is 37.7 Å². The lowest BCUT2D eigenvalue weighted by molar-refractivity contribution is -0.200. The van der Waals surface area contributed by atoms with E-state index in [1.807, 2.05) is 51.1 Å². The molecule has 0 aliphatic carbocycles. The molecule has 11 nitrogen and oxygen atoms in total. The first-order valence-electron chi connectivity index (χ1n) is 14.4. The quantitative estimate of drug-likeness (QED) is 0.353. The predicted molar refractivity (Wildman–Crippen MR) is 163 cm³/mol. The number of oxazole rings is 1. The molecular formula is C30H38N4O7S2. The monoisotopic (exact) mass is 630 g/mol. The smallest absolute Gasteiger partial charge is 0.317 e. The number of carbonyl (C=O) groups is 2. The summed E-state index contributed by atoms with van der Waals surface area (Å²) in [6, 6.07) is 11.0. The number of hydrogen-bond donors (Lipinski definition) is 2. The Balaban J connectivity index is 1.43. The fourth-order valence-corrected chi connectivity index (χ4v) is 8.91. The second-order valence-electron chi connectivity index (χ2n) is 12.0. The van der Waals surface area contributed by atoms with Crippen LogP contribution >= 0.6 is 11.3 Å². The van der Waals surface area contributed by atoms with E-state index in [0.29, 0.717) is 23.7 Å². The summed E-state index contributed by atoms with van der Waals surface area (Å²) in [6.45, 7) is 6.35. The van der Waals surface area contributed by atoms with Crippen molar-refractivity contribution in [1.29, 1.82) is 0 Å². The number of amides is 3. The second-order valence-corrected chi connectivity index (χ2v) is 15.5. The van der Waals surface area contributed by atoms with Crippen LogP contribution < -0.4 is 10.8 Å². The van der Waals surface area contributed by atoms with Gasteiger partial charge in [-0.25, -0.2) is 28.5 Å². The molecule has 0 bridgehead atoms. The van der Waals surface area contributed by atoms with Crippen molar-refractivity contribution in [1.82, 2.24) is 20.7 Å². The molecule has 5 rings (SSSR count). The molecule has 232 valence electrons. The van der Waals surface area contributed by atoms with Gasteiger partial charge < -0.3 is 19.4 Å². The first-order valence-corrected chi connectivity index (χ1v) is 16.9. The molecular weight excluding hydrogens is 592 g/mol. The third kappa shape index (κ3) is 7.28. The van der Waals surface area contributed by atoms with Crippen LogP contribution in [0.1, 0.15) is 57.8 Å². The number of hydroxylamine groups is 1. The average Bonchev–Trinajstić information content (AvgIpc) is 3.66. The van der Waals surface area contributed by atoms with E-state index >= 15 is 0 Å². The van der Waals surface area contributed by atoms with Crippen LogP contribution in [0.4, 0.5) is 4.79 Å². The lowest BCUT2D eigenvalue weighted by atomic mass is 9.97. The van der Waals surface area contributed by atoms with Gasteiger partial charge in [0.25, 0.3) is 0 Å². The van der Waals surface area contributed by atoms with Gasteiger partial charge in [0.15, 0.2) is 28.3 Å². The minimum absolute atomic E-state index is 0.0291. The number of ether oxygens (including phenoxy) is 1. The number of nitrogens with one attached hydrogen (secondary N) is 2. The summed E-state index contributed by atoms with van der Waals surface area (Å²) in [7, 11) is -3.91. The van der Waals surface area contributed by atoms with Crippen molar-refractivity contribution < 1.29 is 32.0 Å². The van der Waals surface area contributed by atoms with Crippen LogP contribution in [0.25, 0.3) is 21.8 Å². The summed E-state index contributed by atoms with van der Waals surface area (Å²) in [5.74, 6) is -0.186. The van der Waals surface area contributed by atoms with Crippen molar-refractivity contribution in [2.45, 2.75) is 69.5 Å². The van der Waals surface area contributed by atoms with E-state index in [1.54, 1.807) is 12.3 Å². The lowest BCUT2D eigenvalue weighted by Crippen LogP contribution is -2.49. The first-order chi connectivity index (χ1) is 20.5. The van der Waals surface area contributed by atoms with E-state index in [4.69, 9.17) is 14.0 Å². The van der Waals surface area contributed by atoms with Gasteiger partial charge in [-0.2, -0.15) is 0 Å². The topological polar surface area (TPSA) is 140 Å². The van der Waals surface area contributed by atoms with Gasteiger partial charge in [0.1, 0.15) is 4.75 Å². The Kier molecular flexibility index (Phi) is 9.26. The highest BCUT2D eigenvalue weighted by atomic mass is 32.2. The molecule has 0 saturated carbocycles. The maximum atomic E-state index is 14.1. The zero-order valence-electron chi connectivity index (χ0n) is 24.6. The fraction of sp³-hybridized carbons (Fsp3) is 0.500. The van der Waals surface area contributed by atoms with Crippen LogP contribution in [0.3, 0.4) is 0 Å². The molecule has 2 aromatic heterocycles. The number of carbonyl (C=O) groups excluding carboxylic acids is 2. The van der Waals surface area contributed by atoms with Crippen molar-refractivity contribution in [2.24, 2.45) is 0 Å². The summed E-state index contributed by atoms with van der Waals surface area (Å²) >= 11 is 1.33. The van der Waals surface area contributed by atoms with Crippen LogP contribution in [0.5, 0.6) is 0 Å². The largest absolute Gasteiger partial charge is 0.444 e. The Bertz CT molecular complexity index is 1510.